The molecule has 0 atom stereocenters. The summed E-state index contributed by atoms with van der Waals surface area (Å²) >= 11 is 12.1. The van der Waals surface area contributed by atoms with E-state index in [1.54, 1.807) is 18.2 Å². The average Bonchev–Trinajstić information content (AvgIpc) is 3.27. The molecule has 2 N–H and O–H groups in total. The highest BCUT2D eigenvalue weighted by Gasteiger charge is 2.07. The zero-order valence-corrected chi connectivity index (χ0v) is 18.5. The van der Waals surface area contributed by atoms with E-state index in [2.05, 4.69) is 9.97 Å². The van der Waals surface area contributed by atoms with Crippen molar-refractivity contribution >= 4 is 47.4 Å². The Morgan fingerprint density at radius 3 is 2.06 bits per heavy atom. The van der Waals surface area contributed by atoms with Gasteiger partial charge in [-0.2, -0.15) is 0 Å². The van der Waals surface area contributed by atoms with Gasteiger partial charge in [0.1, 0.15) is 5.82 Å². The lowest BCUT2D eigenvalue weighted by Crippen LogP contribution is -1.85. The van der Waals surface area contributed by atoms with Crippen molar-refractivity contribution in [3.63, 3.8) is 0 Å². The minimum absolute atomic E-state index is 0.590. The molecule has 0 aliphatic rings. The summed E-state index contributed by atoms with van der Waals surface area (Å²) in [7, 11) is 0. The van der Waals surface area contributed by atoms with Crippen molar-refractivity contribution in [3.05, 3.63) is 118 Å². The lowest BCUT2D eigenvalue weighted by Gasteiger charge is -2.00. The number of carboxylic acid groups (broad SMARTS) is 1. The van der Waals surface area contributed by atoms with E-state index in [1.807, 2.05) is 85.1 Å². The number of hydrogen-bond donors (Lipinski definition) is 2. The normalized spacial score (nSPS) is 10.8. The molecule has 0 bridgehead atoms. The van der Waals surface area contributed by atoms with Crippen LogP contribution in [-0.4, -0.2) is 21.0 Å². The van der Waals surface area contributed by atoms with Crippen molar-refractivity contribution in [3.8, 4) is 11.3 Å². The van der Waals surface area contributed by atoms with Crippen LogP contribution in [0.1, 0.15) is 17.0 Å². The van der Waals surface area contributed by atoms with Crippen molar-refractivity contribution in [2.24, 2.45) is 0 Å². The molecule has 0 saturated heterocycles. The van der Waals surface area contributed by atoms with E-state index < -0.39 is 5.97 Å². The second-order valence-electron chi connectivity index (χ2n) is 6.62. The summed E-state index contributed by atoms with van der Waals surface area (Å²) in [6.07, 6.45) is 8.45. The van der Waals surface area contributed by atoms with Crippen LogP contribution in [-0.2, 0) is 4.79 Å². The molecule has 4 aromatic rings. The van der Waals surface area contributed by atoms with Crippen LogP contribution >= 0.6 is 23.2 Å². The van der Waals surface area contributed by atoms with Gasteiger partial charge in [0.25, 0.3) is 0 Å². The van der Waals surface area contributed by atoms with E-state index in [0.717, 1.165) is 34.3 Å². The van der Waals surface area contributed by atoms with Gasteiger partial charge < -0.3 is 10.1 Å². The smallest absolute Gasteiger partial charge is 0.328 e. The number of benzene rings is 3. The number of nitrogens with zero attached hydrogens (tertiary/aromatic N) is 1. The van der Waals surface area contributed by atoms with Gasteiger partial charge in [0, 0.05) is 22.9 Å². The molecule has 0 spiro atoms. The first-order chi connectivity index (χ1) is 15.5. The fourth-order valence-electron chi connectivity index (χ4n) is 2.73. The number of H-pyrrole nitrogens is 1. The number of carbonyl (C=O) groups is 1. The van der Waals surface area contributed by atoms with Gasteiger partial charge in [-0.1, -0.05) is 89.9 Å². The maximum atomic E-state index is 10.1. The second kappa shape index (κ2) is 11.7. The summed E-state index contributed by atoms with van der Waals surface area (Å²) in [6, 6.07) is 24.8. The number of rotatable bonds is 5. The fourth-order valence-corrected chi connectivity index (χ4v) is 3.23. The molecule has 1 heterocycles. The summed E-state index contributed by atoms with van der Waals surface area (Å²) in [5.74, 6) is -0.145. The molecular weight excluding hydrogens is 443 g/mol. The zero-order chi connectivity index (χ0) is 22.8. The van der Waals surface area contributed by atoms with Gasteiger partial charge in [0.05, 0.1) is 10.7 Å². The van der Waals surface area contributed by atoms with Crippen LogP contribution in [0.3, 0.4) is 0 Å². The number of carboxylic acids is 1. The number of nitrogens with one attached hydrogen (secondary N) is 1. The number of aromatic amines is 1. The topological polar surface area (TPSA) is 66.0 Å². The van der Waals surface area contributed by atoms with Crippen LogP contribution in [0.4, 0.5) is 0 Å². The number of imidazole rings is 1. The van der Waals surface area contributed by atoms with Crippen LogP contribution < -0.4 is 0 Å². The molecule has 160 valence electrons. The molecule has 0 aliphatic carbocycles. The molecule has 0 unspecified atom stereocenters. The van der Waals surface area contributed by atoms with E-state index in [4.69, 9.17) is 28.3 Å². The Kier molecular flexibility index (Phi) is 8.44. The minimum atomic E-state index is -0.922. The van der Waals surface area contributed by atoms with Crippen molar-refractivity contribution < 1.29 is 9.90 Å². The van der Waals surface area contributed by atoms with Crippen molar-refractivity contribution in [2.75, 3.05) is 0 Å². The van der Waals surface area contributed by atoms with Gasteiger partial charge in [0.2, 0.25) is 0 Å². The Morgan fingerprint density at radius 2 is 1.47 bits per heavy atom. The Labute approximate surface area is 196 Å². The lowest BCUT2D eigenvalue weighted by atomic mass is 10.2. The molecule has 32 heavy (non-hydrogen) atoms. The highest BCUT2D eigenvalue weighted by Crippen LogP contribution is 2.29. The number of aromatic nitrogens is 2. The number of hydrogen-bond acceptors (Lipinski definition) is 2. The summed E-state index contributed by atoms with van der Waals surface area (Å²) in [4.78, 5) is 17.7. The van der Waals surface area contributed by atoms with Crippen LogP contribution in [0.5, 0.6) is 0 Å². The van der Waals surface area contributed by atoms with Crippen molar-refractivity contribution in [2.45, 2.75) is 0 Å². The number of aliphatic carboxylic acids is 1. The largest absolute Gasteiger partial charge is 0.478 e. The third-order valence-electron chi connectivity index (χ3n) is 4.26. The maximum absolute atomic E-state index is 10.1. The van der Waals surface area contributed by atoms with Gasteiger partial charge in [0.15, 0.2) is 0 Å². The Hall–Kier alpha value is -3.60. The van der Waals surface area contributed by atoms with Crippen molar-refractivity contribution in [1.82, 2.24) is 9.97 Å². The van der Waals surface area contributed by atoms with E-state index >= 15 is 0 Å². The highest BCUT2D eigenvalue weighted by atomic mass is 35.5. The van der Waals surface area contributed by atoms with Gasteiger partial charge in [-0.25, -0.2) is 9.78 Å². The van der Waals surface area contributed by atoms with E-state index in [9.17, 15) is 4.79 Å². The molecule has 0 saturated carbocycles. The molecule has 3 aromatic carbocycles. The molecule has 0 radical (unpaired) electrons. The molecule has 4 nitrogen and oxygen atoms in total. The molecule has 0 amide bonds. The molecule has 6 heteroatoms. The quantitative estimate of drug-likeness (QED) is 0.305. The van der Waals surface area contributed by atoms with Crippen LogP contribution in [0.2, 0.25) is 10.0 Å². The predicted molar refractivity (Wildman–Crippen MR) is 133 cm³/mol. The van der Waals surface area contributed by atoms with E-state index in [-0.39, 0.29) is 0 Å². The summed E-state index contributed by atoms with van der Waals surface area (Å²) in [6.45, 7) is 0. The van der Waals surface area contributed by atoms with Crippen LogP contribution in [0, 0.1) is 0 Å². The summed E-state index contributed by atoms with van der Waals surface area (Å²) < 4.78 is 0. The standard InChI is InChI=1S/C17H12Cl2N2.C9H8O2/c18-13-7-8-14(15(19)10-13)16-11-20-17(21-16)9-6-12-4-2-1-3-5-12;10-9(11)7-6-8-4-2-1-3-5-8/h1-11H,(H,20,21);1-7H,(H,10,11). The van der Waals surface area contributed by atoms with Crippen LogP contribution in [0.15, 0.2) is 91.1 Å². The third kappa shape index (κ3) is 7.27. The van der Waals surface area contributed by atoms with Gasteiger partial charge in [-0.3, -0.25) is 0 Å². The van der Waals surface area contributed by atoms with Gasteiger partial charge in [-0.15, -0.1) is 0 Å². The van der Waals surface area contributed by atoms with Crippen molar-refractivity contribution in [1.29, 1.82) is 0 Å². The molecule has 0 fully saturated rings. The molecule has 4 rings (SSSR count). The Morgan fingerprint density at radius 1 is 0.844 bits per heavy atom. The third-order valence-corrected chi connectivity index (χ3v) is 4.80. The SMILES string of the molecule is Clc1ccc(-c2c[nH]c(C=Cc3ccccc3)n2)c(Cl)c1.O=C(O)C=Cc1ccccc1. The monoisotopic (exact) mass is 462 g/mol. The first-order valence-corrected chi connectivity index (χ1v) is 10.5. The average molecular weight is 463 g/mol. The molecule has 0 aliphatic heterocycles. The molecular formula is C26H20Cl2N2O2. The van der Waals surface area contributed by atoms with Gasteiger partial charge >= 0.3 is 5.97 Å². The molecule has 1 aromatic heterocycles. The highest BCUT2D eigenvalue weighted by molar-refractivity contribution is 6.36. The summed E-state index contributed by atoms with van der Waals surface area (Å²) in [5, 5.41) is 9.49. The van der Waals surface area contributed by atoms with Gasteiger partial charge in [-0.05, 0) is 41.5 Å². The fraction of sp³-hybridized carbons (Fsp3) is 0. The Balaban J connectivity index is 0.000000222. The first-order valence-electron chi connectivity index (χ1n) is 9.71. The second-order valence-corrected chi connectivity index (χ2v) is 7.47. The lowest BCUT2D eigenvalue weighted by molar-refractivity contribution is -0.131. The Bertz CT molecular complexity index is 1220. The first kappa shape index (κ1) is 23.1. The number of halogens is 2. The maximum Gasteiger partial charge on any atom is 0.328 e. The van der Waals surface area contributed by atoms with Crippen LogP contribution in [0.25, 0.3) is 29.5 Å². The minimum Gasteiger partial charge on any atom is -0.478 e. The van der Waals surface area contributed by atoms with E-state index in [0.29, 0.717) is 10.0 Å². The predicted octanol–water partition coefficient (Wildman–Crippen LogP) is 7.34. The zero-order valence-electron chi connectivity index (χ0n) is 17.0. The summed E-state index contributed by atoms with van der Waals surface area (Å²) in [5.41, 5.74) is 3.68. The van der Waals surface area contributed by atoms with E-state index in [1.165, 1.54) is 0 Å².